The zero-order valence-corrected chi connectivity index (χ0v) is 16.7. The molecule has 0 amide bonds. The minimum atomic E-state index is 0.847. The maximum Gasteiger partial charge on any atom is 0.00640 e. The van der Waals surface area contributed by atoms with E-state index in [4.69, 9.17) is 0 Å². The van der Waals surface area contributed by atoms with Crippen LogP contribution in [0.15, 0.2) is 0 Å². The number of rotatable bonds is 5. The fraction of sp³-hybridized carbons (Fsp3) is 1.00. The molecule has 21 heavy (non-hydrogen) atoms. The van der Waals surface area contributed by atoms with Crippen molar-refractivity contribution < 1.29 is 0 Å². The zero-order chi connectivity index (χ0) is 17.4. The van der Waals surface area contributed by atoms with E-state index in [1.165, 1.54) is 25.7 Å². The molecule has 1 saturated carbocycles. The lowest BCUT2D eigenvalue weighted by molar-refractivity contribution is 0.582. The monoisotopic (exact) mass is 305 g/mol. The van der Waals surface area contributed by atoms with E-state index >= 15 is 0 Å². The van der Waals surface area contributed by atoms with E-state index in [1.54, 1.807) is 0 Å². The summed E-state index contributed by atoms with van der Waals surface area (Å²) in [5, 5.41) is 9.49. The van der Waals surface area contributed by atoms with Crippen LogP contribution >= 0.6 is 0 Å². The third-order valence-electron chi connectivity index (χ3n) is 2.76. The Morgan fingerprint density at radius 2 is 0.952 bits per heavy atom. The molecule has 0 radical (unpaired) electrons. The SMILES string of the molecule is CC.CC.CCNCC.CCNCC.CNC1CCCC1. The molecule has 0 unspecified atom stereocenters. The first-order chi connectivity index (χ1) is 10.3. The zero-order valence-electron chi connectivity index (χ0n) is 16.7. The van der Waals surface area contributed by atoms with Gasteiger partial charge in [-0.15, -0.1) is 0 Å². The Labute approximate surface area is 137 Å². The van der Waals surface area contributed by atoms with E-state index in [9.17, 15) is 0 Å². The van der Waals surface area contributed by atoms with Gasteiger partial charge < -0.3 is 16.0 Å². The van der Waals surface area contributed by atoms with Crippen LogP contribution in [0.25, 0.3) is 0 Å². The van der Waals surface area contributed by atoms with Crippen molar-refractivity contribution in [2.45, 2.75) is 87.1 Å². The second-order valence-electron chi connectivity index (χ2n) is 4.18. The predicted molar refractivity (Wildman–Crippen MR) is 102 cm³/mol. The van der Waals surface area contributed by atoms with Gasteiger partial charge in [0.1, 0.15) is 0 Å². The Bertz CT molecular complexity index is 103. The van der Waals surface area contributed by atoms with Gasteiger partial charge in [0.15, 0.2) is 0 Å². The molecule has 1 aliphatic rings. The molecule has 3 heteroatoms. The number of hydrogen-bond donors (Lipinski definition) is 3. The van der Waals surface area contributed by atoms with Crippen molar-refractivity contribution in [3.05, 3.63) is 0 Å². The molecule has 0 atom stereocenters. The lowest BCUT2D eigenvalue weighted by atomic mass is 10.3. The summed E-state index contributed by atoms with van der Waals surface area (Å²) in [5.74, 6) is 0. The van der Waals surface area contributed by atoms with E-state index in [0.717, 1.165) is 32.2 Å². The van der Waals surface area contributed by atoms with Crippen LogP contribution < -0.4 is 16.0 Å². The smallest absolute Gasteiger partial charge is 0.00640 e. The first-order valence-electron chi connectivity index (χ1n) is 9.35. The molecule has 1 rings (SSSR count). The van der Waals surface area contributed by atoms with Crippen LogP contribution in [-0.2, 0) is 0 Å². The van der Waals surface area contributed by atoms with Gasteiger partial charge >= 0.3 is 0 Å². The van der Waals surface area contributed by atoms with Crippen molar-refractivity contribution in [2.24, 2.45) is 0 Å². The van der Waals surface area contributed by atoms with Gasteiger partial charge in [-0.25, -0.2) is 0 Å². The average molecular weight is 306 g/mol. The predicted octanol–water partition coefficient (Wildman–Crippen LogP) is 4.43. The van der Waals surface area contributed by atoms with Gasteiger partial charge in [0.2, 0.25) is 0 Å². The molecule has 0 aliphatic heterocycles. The highest BCUT2D eigenvalue weighted by molar-refractivity contribution is 4.70. The number of hydrogen-bond acceptors (Lipinski definition) is 3. The number of nitrogens with one attached hydrogen (secondary N) is 3. The van der Waals surface area contributed by atoms with Crippen LogP contribution in [0.1, 0.15) is 81.1 Å². The van der Waals surface area contributed by atoms with Crippen molar-refractivity contribution in [1.29, 1.82) is 0 Å². The third kappa shape index (κ3) is 38.3. The quantitative estimate of drug-likeness (QED) is 0.703. The van der Waals surface area contributed by atoms with Crippen LogP contribution in [0.3, 0.4) is 0 Å². The maximum absolute atomic E-state index is 3.26. The molecule has 0 spiro atoms. The van der Waals surface area contributed by atoms with E-state index in [-0.39, 0.29) is 0 Å². The molecular weight excluding hydrogens is 258 g/mol. The molecular formula is C18H47N3. The summed E-state index contributed by atoms with van der Waals surface area (Å²) < 4.78 is 0. The van der Waals surface area contributed by atoms with E-state index < -0.39 is 0 Å². The Kier molecular flexibility index (Phi) is 50.7. The fourth-order valence-corrected chi connectivity index (χ4v) is 1.71. The maximum atomic E-state index is 3.26. The lowest BCUT2D eigenvalue weighted by Gasteiger charge is -2.03. The first-order valence-corrected chi connectivity index (χ1v) is 9.35. The van der Waals surface area contributed by atoms with Crippen LogP contribution in [0.5, 0.6) is 0 Å². The van der Waals surface area contributed by atoms with Crippen molar-refractivity contribution in [3.8, 4) is 0 Å². The van der Waals surface area contributed by atoms with Crippen LogP contribution in [0.2, 0.25) is 0 Å². The molecule has 0 aromatic rings. The Morgan fingerprint density at radius 3 is 1.05 bits per heavy atom. The van der Waals surface area contributed by atoms with Crippen molar-refractivity contribution in [3.63, 3.8) is 0 Å². The van der Waals surface area contributed by atoms with Crippen LogP contribution in [-0.4, -0.2) is 39.3 Å². The first kappa shape index (κ1) is 29.0. The minimum absolute atomic E-state index is 0.847. The van der Waals surface area contributed by atoms with Crippen molar-refractivity contribution in [1.82, 2.24) is 16.0 Å². The van der Waals surface area contributed by atoms with E-state index in [0.29, 0.717) is 0 Å². The highest BCUT2D eigenvalue weighted by Gasteiger charge is 2.10. The summed E-state index contributed by atoms with van der Waals surface area (Å²) >= 11 is 0. The summed E-state index contributed by atoms with van der Waals surface area (Å²) in [6.07, 6.45) is 5.67. The van der Waals surface area contributed by atoms with Gasteiger partial charge in [0.05, 0.1) is 0 Å². The largest absolute Gasteiger partial charge is 0.317 e. The Hall–Kier alpha value is -0.120. The average Bonchev–Trinajstić information content (AvgIpc) is 3.08. The molecule has 0 aromatic carbocycles. The second-order valence-corrected chi connectivity index (χ2v) is 4.18. The molecule has 1 fully saturated rings. The lowest BCUT2D eigenvalue weighted by Crippen LogP contribution is -2.20. The summed E-state index contributed by atoms with van der Waals surface area (Å²) in [6, 6.07) is 0.847. The Balaban J connectivity index is -0.0000000939. The summed E-state index contributed by atoms with van der Waals surface area (Å²) in [5.41, 5.74) is 0. The highest BCUT2D eigenvalue weighted by Crippen LogP contribution is 2.16. The minimum Gasteiger partial charge on any atom is -0.317 e. The molecule has 0 aromatic heterocycles. The topological polar surface area (TPSA) is 36.1 Å². The van der Waals surface area contributed by atoms with Gasteiger partial charge in [-0.1, -0.05) is 68.2 Å². The second kappa shape index (κ2) is 36.8. The van der Waals surface area contributed by atoms with Crippen LogP contribution in [0, 0.1) is 0 Å². The van der Waals surface area contributed by atoms with E-state index in [2.05, 4.69) is 50.7 Å². The molecule has 0 heterocycles. The van der Waals surface area contributed by atoms with Gasteiger partial charge in [-0.05, 0) is 46.1 Å². The molecule has 1 aliphatic carbocycles. The molecule has 3 N–H and O–H groups in total. The van der Waals surface area contributed by atoms with Gasteiger partial charge in [-0.3, -0.25) is 0 Å². The van der Waals surface area contributed by atoms with Gasteiger partial charge in [-0.2, -0.15) is 0 Å². The van der Waals surface area contributed by atoms with Gasteiger partial charge in [0, 0.05) is 6.04 Å². The van der Waals surface area contributed by atoms with Gasteiger partial charge in [0.25, 0.3) is 0 Å². The molecule has 3 nitrogen and oxygen atoms in total. The molecule has 134 valence electrons. The Morgan fingerprint density at radius 1 is 0.667 bits per heavy atom. The standard InChI is InChI=1S/C6H13N.2C4H11N.2C2H6/c1-7-6-4-2-3-5-6;2*1-3-5-4-2;2*1-2/h6-7H,2-5H2,1H3;2*5H,3-4H2,1-2H3;2*1-2H3. The molecule has 0 saturated heterocycles. The fourth-order valence-electron chi connectivity index (χ4n) is 1.71. The highest BCUT2D eigenvalue weighted by atomic mass is 14.9. The normalized spacial score (nSPS) is 12.4. The summed E-state index contributed by atoms with van der Waals surface area (Å²) in [4.78, 5) is 0. The van der Waals surface area contributed by atoms with Crippen molar-refractivity contribution >= 4 is 0 Å². The summed E-state index contributed by atoms with van der Waals surface area (Å²) in [6.45, 7) is 20.8. The van der Waals surface area contributed by atoms with Crippen LogP contribution in [0.4, 0.5) is 0 Å². The molecule has 0 bridgehead atoms. The van der Waals surface area contributed by atoms with Crippen molar-refractivity contribution in [2.75, 3.05) is 33.2 Å². The van der Waals surface area contributed by atoms with E-state index in [1.807, 2.05) is 27.7 Å². The third-order valence-corrected chi connectivity index (χ3v) is 2.76. The summed E-state index contributed by atoms with van der Waals surface area (Å²) in [7, 11) is 2.05.